The van der Waals surface area contributed by atoms with E-state index in [1.807, 2.05) is 36.1 Å². The van der Waals surface area contributed by atoms with E-state index < -0.39 is 5.82 Å². The summed E-state index contributed by atoms with van der Waals surface area (Å²) in [6.45, 7) is 4.35. The van der Waals surface area contributed by atoms with Crippen LogP contribution in [0.4, 0.5) is 4.39 Å². The largest absolute Gasteiger partial charge is 0.497 e. The van der Waals surface area contributed by atoms with Gasteiger partial charge in [0, 0.05) is 19.1 Å². The van der Waals surface area contributed by atoms with Crippen LogP contribution in [0.15, 0.2) is 42.5 Å². The molecule has 0 aromatic heterocycles. The number of nitrogens with zero attached hydrogens (tertiary/aromatic N) is 1. The summed E-state index contributed by atoms with van der Waals surface area (Å²) in [4.78, 5) is 14.7. The monoisotopic (exact) mass is 392 g/mol. The molecule has 0 bridgehead atoms. The van der Waals surface area contributed by atoms with Crippen LogP contribution >= 0.6 is 12.4 Å². The van der Waals surface area contributed by atoms with Crippen molar-refractivity contribution in [3.05, 3.63) is 53.8 Å². The van der Waals surface area contributed by atoms with Gasteiger partial charge >= 0.3 is 0 Å². The Bertz CT molecular complexity index is 761. The lowest BCUT2D eigenvalue weighted by molar-refractivity contribution is 0.0687. The fourth-order valence-corrected chi connectivity index (χ4v) is 3.40. The summed E-state index contributed by atoms with van der Waals surface area (Å²) < 4.78 is 19.9. The van der Waals surface area contributed by atoms with Gasteiger partial charge in [0.2, 0.25) is 0 Å². The van der Waals surface area contributed by atoms with E-state index in [9.17, 15) is 9.18 Å². The van der Waals surface area contributed by atoms with Crippen LogP contribution in [0.1, 0.15) is 30.1 Å². The number of rotatable bonds is 6. The average molecular weight is 393 g/mol. The van der Waals surface area contributed by atoms with E-state index in [2.05, 4.69) is 5.32 Å². The third-order valence-corrected chi connectivity index (χ3v) is 4.82. The van der Waals surface area contributed by atoms with E-state index in [0.717, 1.165) is 42.8 Å². The van der Waals surface area contributed by atoms with E-state index in [1.165, 1.54) is 6.07 Å². The topological polar surface area (TPSA) is 41.6 Å². The van der Waals surface area contributed by atoms with Gasteiger partial charge in [-0.3, -0.25) is 4.79 Å². The highest BCUT2D eigenvalue weighted by atomic mass is 35.5. The summed E-state index contributed by atoms with van der Waals surface area (Å²) in [7, 11) is 1.61. The normalized spacial score (nSPS) is 15.9. The average Bonchev–Trinajstić information content (AvgIpc) is 3.20. The number of hydrogen-bond acceptors (Lipinski definition) is 3. The molecule has 0 spiro atoms. The van der Waals surface area contributed by atoms with Gasteiger partial charge in [0.25, 0.3) is 5.91 Å². The van der Waals surface area contributed by atoms with E-state index in [0.29, 0.717) is 6.54 Å². The zero-order valence-corrected chi connectivity index (χ0v) is 16.5. The second kappa shape index (κ2) is 9.72. The first kappa shape index (κ1) is 21.2. The summed E-state index contributed by atoms with van der Waals surface area (Å²) in [6.07, 6.45) is 1.77. The van der Waals surface area contributed by atoms with Crippen LogP contribution in [0.2, 0.25) is 0 Å². The molecule has 1 fully saturated rings. The molecule has 1 N–H and O–H groups in total. The lowest BCUT2D eigenvalue weighted by Crippen LogP contribution is -2.42. The molecule has 6 heteroatoms. The third kappa shape index (κ3) is 4.79. The third-order valence-electron chi connectivity index (χ3n) is 4.82. The van der Waals surface area contributed by atoms with Gasteiger partial charge in [-0.2, -0.15) is 0 Å². The number of halogens is 2. The number of carbonyl (C=O) groups is 1. The maximum absolute atomic E-state index is 14.7. The maximum Gasteiger partial charge on any atom is 0.257 e. The Balaban J connectivity index is 0.00000261. The number of ether oxygens (including phenoxy) is 1. The number of carbonyl (C=O) groups excluding carboxylic acids is 1. The zero-order chi connectivity index (χ0) is 18.5. The quantitative estimate of drug-likeness (QED) is 0.803. The number of hydrogen-bond donors (Lipinski definition) is 1. The molecule has 4 nitrogen and oxygen atoms in total. The zero-order valence-electron chi connectivity index (χ0n) is 15.7. The molecular weight excluding hydrogens is 367 g/mol. The highest BCUT2D eigenvalue weighted by Crippen LogP contribution is 2.25. The molecule has 1 atom stereocenters. The predicted octanol–water partition coefficient (Wildman–Crippen LogP) is 4.14. The van der Waals surface area contributed by atoms with Gasteiger partial charge in [0.05, 0.1) is 12.7 Å². The molecule has 1 aliphatic rings. The minimum absolute atomic E-state index is 0. The Morgan fingerprint density at radius 1 is 1.22 bits per heavy atom. The first-order valence-electron chi connectivity index (χ1n) is 9.09. The molecule has 146 valence electrons. The molecule has 1 saturated heterocycles. The van der Waals surface area contributed by atoms with Crippen molar-refractivity contribution in [2.75, 3.05) is 26.7 Å². The van der Waals surface area contributed by atoms with Gasteiger partial charge in [0.1, 0.15) is 11.6 Å². The van der Waals surface area contributed by atoms with Crippen molar-refractivity contribution in [3.8, 4) is 16.9 Å². The van der Waals surface area contributed by atoms with Crippen LogP contribution in [0.5, 0.6) is 5.75 Å². The van der Waals surface area contributed by atoms with Gasteiger partial charge in [0.15, 0.2) is 0 Å². The van der Waals surface area contributed by atoms with Crippen LogP contribution in [0, 0.1) is 5.82 Å². The SMILES string of the molecule is CCCN(C(=O)c1ccc(-c2ccc(OC)cc2)cc1F)C1CCNC1.Cl. The fourth-order valence-electron chi connectivity index (χ4n) is 3.40. The molecule has 2 aromatic carbocycles. The van der Waals surface area contributed by atoms with E-state index in [4.69, 9.17) is 4.74 Å². The Labute approximate surface area is 166 Å². The van der Waals surface area contributed by atoms with Crippen LogP contribution in [-0.4, -0.2) is 43.6 Å². The van der Waals surface area contributed by atoms with Gasteiger partial charge in [-0.15, -0.1) is 12.4 Å². The van der Waals surface area contributed by atoms with Crippen molar-refractivity contribution < 1.29 is 13.9 Å². The molecule has 1 heterocycles. The molecular formula is C21H26ClFN2O2. The summed E-state index contributed by atoms with van der Waals surface area (Å²) in [5.41, 5.74) is 1.77. The van der Waals surface area contributed by atoms with Crippen LogP contribution in [0.3, 0.4) is 0 Å². The maximum atomic E-state index is 14.7. The van der Waals surface area contributed by atoms with Gasteiger partial charge < -0.3 is 15.0 Å². The van der Waals surface area contributed by atoms with Crippen molar-refractivity contribution in [1.82, 2.24) is 10.2 Å². The summed E-state index contributed by atoms with van der Waals surface area (Å²) >= 11 is 0. The van der Waals surface area contributed by atoms with Gasteiger partial charge in [-0.05, 0) is 54.8 Å². The van der Waals surface area contributed by atoms with Gasteiger partial charge in [-0.25, -0.2) is 4.39 Å². The van der Waals surface area contributed by atoms with E-state index in [-0.39, 0.29) is 29.9 Å². The summed E-state index contributed by atoms with van der Waals surface area (Å²) in [5, 5.41) is 3.27. The highest BCUT2D eigenvalue weighted by Gasteiger charge is 2.28. The second-order valence-electron chi connectivity index (χ2n) is 6.57. The highest BCUT2D eigenvalue weighted by molar-refractivity contribution is 5.95. The van der Waals surface area contributed by atoms with Gasteiger partial charge in [-0.1, -0.05) is 25.1 Å². The van der Waals surface area contributed by atoms with Crippen LogP contribution < -0.4 is 10.1 Å². The molecule has 0 saturated carbocycles. The fraction of sp³-hybridized carbons (Fsp3) is 0.381. The lowest BCUT2D eigenvalue weighted by atomic mass is 10.0. The lowest BCUT2D eigenvalue weighted by Gasteiger charge is -2.28. The predicted molar refractivity (Wildman–Crippen MR) is 108 cm³/mol. The summed E-state index contributed by atoms with van der Waals surface area (Å²) in [6, 6.07) is 12.4. The minimum Gasteiger partial charge on any atom is -0.497 e. The first-order chi connectivity index (χ1) is 12.6. The second-order valence-corrected chi connectivity index (χ2v) is 6.57. The molecule has 27 heavy (non-hydrogen) atoms. The molecule has 1 aliphatic heterocycles. The molecule has 0 aliphatic carbocycles. The standard InChI is InChI=1S/C21H25FN2O2.ClH/c1-3-12-24(17-10-11-23-14-17)21(25)19-9-6-16(13-20(19)22)15-4-7-18(26-2)8-5-15;/h4-9,13,17,23H,3,10-12,14H2,1-2H3;1H. The Morgan fingerprint density at radius 3 is 2.48 bits per heavy atom. The smallest absolute Gasteiger partial charge is 0.257 e. The Morgan fingerprint density at radius 2 is 1.93 bits per heavy atom. The van der Waals surface area contributed by atoms with E-state index in [1.54, 1.807) is 19.2 Å². The van der Waals surface area contributed by atoms with Crippen molar-refractivity contribution in [2.24, 2.45) is 0 Å². The van der Waals surface area contributed by atoms with Crippen molar-refractivity contribution in [3.63, 3.8) is 0 Å². The number of methoxy groups -OCH3 is 1. The molecule has 3 rings (SSSR count). The Hall–Kier alpha value is -2.11. The van der Waals surface area contributed by atoms with Crippen LogP contribution in [-0.2, 0) is 0 Å². The van der Waals surface area contributed by atoms with Crippen LogP contribution in [0.25, 0.3) is 11.1 Å². The number of amides is 1. The molecule has 2 aromatic rings. The minimum atomic E-state index is -0.477. The van der Waals surface area contributed by atoms with Crippen molar-refractivity contribution in [2.45, 2.75) is 25.8 Å². The number of nitrogens with one attached hydrogen (secondary N) is 1. The molecule has 0 radical (unpaired) electrons. The van der Waals surface area contributed by atoms with E-state index >= 15 is 0 Å². The Kier molecular flexibility index (Phi) is 7.63. The van der Waals surface area contributed by atoms with Crippen molar-refractivity contribution >= 4 is 18.3 Å². The number of benzene rings is 2. The first-order valence-corrected chi connectivity index (χ1v) is 9.09. The summed E-state index contributed by atoms with van der Waals surface area (Å²) in [5.74, 6) is 0.0520. The molecule has 1 unspecified atom stereocenters. The van der Waals surface area contributed by atoms with Crippen molar-refractivity contribution in [1.29, 1.82) is 0 Å². The molecule has 1 amide bonds.